The second-order valence-corrected chi connectivity index (χ2v) is 6.28. The maximum absolute atomic E-state index is 12.4. The van der Waals surface area contributed by atoms with Crippen molar-refractivity contribution in [1.29, 1.82) is 0 Å². The fourth-order valence-corrected chi connectivity index (χ4v) is 3.53. The minimum Gasteiger partial charge on any atom is -0.465 e. The number of fused-ring (bicyclic) bond motifs is 1. The second kappa shape index (κ2) is 6.01. The highest BCUT2D eigenvalue weighted by atomic mass is 32.1. The maximum Gasteiger partial charge on any atom is 0.348 e. The zero-order valence-electron chi connectivity index (χ0n) is 13.3. The third-order valence-corrected chi connectivity index (χ3v) is 4.90. The molecular formula is C17H14N2O4S. The predicted octanol–water partition coefficient (Wildman–Crippen LogP) is 2.95. The van der Waals surface area contributed by atoms with E-state index < -0.39 is 5.97 Å². The average molecular weight is 342 g/mol. The number of H-pyrrole nitrogens is 1. The van der Waals surface area contributed by atoms with Gasteiger partial charge < -0.3 is 9.72 Å². The highest BCUT2D eigenvalue weighted by molar-refractivity contribution is 7.20. The number of ketones is 1. The summed E-state index contributed by atoms with van der Waals surface area (Å²) in [6, 6.07) is 6.81. The molecule has 0 aliphatic carbocycles. The van der Waals surface area contributed by atoms with Crippen LogP contribution in [0.25, 0.3) is 21.6 Å². The first-order valence-corrected chi connectivity index (χ1v) is 7.97. The quantitative estimate of drug-likeness (QED) is 0.584. The van der Waals surface area contributed by atoms with Gasteiger partial charge in [-0.3, -0.25) is 9.59 Å². The van der Waals surface area contributed by atoms with Gasteiger partial charge in [-0.25, -0.2) is 9.78 Å². The van der Waals surface area contributed by atoms with Crippen LogP contribution in [0.3, 0.4) is 0 Å². The van der Waals surface area contributed by atoms with E-state index in [0.29, 0.717) is 37.6 Å². The van der Waals surface area contributed by atoms with Crippen molar-refractivity contribution in [3.63, 3.8) is 0 Å². The van der Waals surface area contributed by atoms with Gasteiger partial charge in [0.25, 0.3) is 5.56 Å². The SMILES string of the molecule is COC(=O)c1sc2nc(-c3ccc(C(C)=O)cc3)[nH]c(=O)c2c1C. The third kappa shape index (κ3) is 2.63. The molecule has 0 unspecified atom stereocenters. The lowest BCUT2D eigenvalue weighted by atomic mass is 10.1. The number of hydrogen-bond donors (Lipinski definition) is 1. The maximum atomic E-state index is 12.4. The Morgan fingerprint density at radius 3 is 2.46 bits per heavy atom. The summed E-state index contributed by atoms with van der Waals surface area (Å²) in [5, 5.41) is 0.393. The van der Waals surface area contributed by atoms with Crippen LogP contribution in [0.2, 0.25) is 0 Å². The van der Waals surface area contributed by atoms with Crippen molar-refractivity contribution in [3.05, 3.63) is 50.6 Å². The summed E-state index contributed by atoms with van der Waals surface area (Å²) in [4.78, 5) is 43.5. The molecule has 0 bridgehead atoms. The number of carbonyl (C=O) groups excluding carboxylic acids is 2. The van der Waals surface area contributed by atoms with Crippen LogP contribution in [-0.4, -0.2) is 28.8 Å². The summed E-state index contributed by atoms with van der Waals surface area (Å²) in [6.07, 6.45) is 0. The Labute approximate surface area is 141 Å². The molecule has 122 valence electrons. The van der Waals surface area contributed by atoms with Crippen molar-refractivity contribution in [3.8, 4) is 11.4 Å². The lowest BCUT2D eigenvalue weighted by molar-refractivity contribution is 0.0605. The number of esters is 1. The number of thiophene rings is 1. The van der Waals surface area contributed by atoms with Gasteiger partial charge in [0.15, 0.2) is 5.78 Å². The van der Waals surface area contributed by atoms with Crippen molar-refractivity contribution in [2.75, 3.05) is 7.11 Å². The van der Waals surface area contributed by atoms with Crippen LogP contribution in [0.15, 0.2) is 29.1 Å². The molecule has 0 radical (unpaired) electrons. The number of nitrogens with zero attached hydrogens (tertiary/aromatic N) is 1. The van der Waals surface area contributed by atoms with Crippen molar-refractivity contribution < 1.29 is 14.3 Å². The summed E-state index contributed by atoms with van der Waals surface area (Å²) in [5.74, 6) is -0.127. The normalized spacial score (nSPS) is 10.8. The van der Waals surface area contributed by atoms with E-state index in [4.69, 9.17) is 4.74 Å². The molecule has 0 amide bonds. The van der Waals surface area contributed by atoms with E-state index in [1.54, 1.807) is 31.2 Å². The number of nitrogens with one attached hydrogen (secondary N) is 1. The monoisotopic (exact) mass is 342 g/mol. The molecule has 6 nitrogen and oxygen atoms in total. The van der Waals surface area contributed by atoms with E-state index in [2.05, 4.69) is 9.97 Å². The lowest BCUT2D eigenvalue weighted by Gasteiger charge is -2.02. The van der Waals surface area contributed by atoms with Gasteiger partial charge in [-0.2, -0.15) is 0 Å². The zero-order valence-corrected chi connectivity index (χ0v) is 14.1. The van der Waals surface area contributed by atoms with Gasteiger partial charge in [-0.05, 0) is 19.4 Å². The number of rotatable bonds is 3. The molecule has 2 heterocycles. The average Bonchev–Trinajstić information content (AvgIpc) is 2.91. The Balaban J connectivity index is 2.15. The number of aromatic nitrogens is 2. The molecule has 0 saturated carbocycles. The Kier molecular flexibility index (Phi) is 4.02. The fraction of sp³-hybridized carbons (Fsp3) is 0.176. The van der Waals surface area contributed by atoms with Crippen molar-refractivity contribution in [2.45, 2.75) is 13.8 Å². The zero-order chi connectivity index (χ0) is 17.4. The van der Waals surface area contributed by atoms with E-state index in [9.17, 15) is 14.4 Å². The highest BCUT2D eigenvalue weighted by Gasteiger charge is 2.20. The van der Waals surface area contributed by atoms with Crippen LogP contribution in [0.1, 0.15) is 32.5 Å². The number of aromatic amines is 1. The molecule has 2 aromatic heterocycles. The Morgan fingerprint density at radius 1 is 1.21 bits per heavy atom. The largest absolute Gasteiger partial charge is 0.465 e. The van der Waals surface area contributed by atoms with Gasteiger partial charge in [0.05, 0.1) is 12.5 Å². The molecule has 0 atom stereocenters. The molecule has 24 heavy (non-hydrogen) atoms. The van der Waals surface area contributed by atoms with Crippen LogP contribution in [-0.2, 0) is 4.74 Å². The number of Topliss-reactive ketones (excluding diaryl/α,β-unsaturated/α-hetero) is 1. The molecule has 1 N–H and O–H groups in total. The number of hydrogen-bond acceptors (Lipinski definition) is 6. The predicted molar refractivity (Wildman–Crippen MR) is 91.8 cm³/mol. The van der Waals surface area contributed by atoms with Crippen LogP contribution in [0.5, 0.6) is 0 Å². The van der Waals surface area contributed by atoms with Crippen LogP contribution in [0.4, 0.5) is 0 Å². The summed E-state index contributed by atoms with van der Waals surface area (Å²) in [6.45, 7) is 3.19. The van der Waals surface area contributed by atoms with Gasteiger partial charge in [0.1, 0.15) is 15.5 Å². The van der Waals surface area contributed by atoms with Gasteiger partial charge in [-0.15, -0.1) is 11.3 Å². The van der Waals surface area contributed by atoms with E-state index in [1.807, 2.05) is 0 Å². The Bertz CT molecular complexity index is 1020. The Hall–Kier alpha value is -2.80. The number of methoxy groups -OCH3 is 1. The molecule has 3 rings (SSSR count). The van der Waals surface area contributed by atoms with Gasteiger partial charge in [0, 0.05) is 11.1 Å². The molecule has 0 spiro atoms. The Morgan fingerprint density at radius 2 is 1.88 bits per heavy atom. The molecule has 0 saturated heterocycles. The first-order chi connectivity index (χ1) is 11.4. The third-order valence-electron chi connectivity index (χ3n) is 3.74. The summed E-state index contributed by atoms with van der Waals surface area (Å²) in [5.41, 5.74) is 1.52. The molecule has 0 aliphatic rings. The fourth-order valence-electron chi connectivity index (χ4n) is 2.43. The highest BCUT2D eigenvalue weighted by Crippen LogP contribution is 2.29. The van der Waals surface area contributed by atoms with Gasteiger partial charge >= 0.3 is 5.97 Å². The number of aryl methyl sites for hydroxylation is 1. The smallest absolute Gasteiger partial charge is 0.348 e. The van der Waals surface area contributed by atoms with Gasteiger partial charge in [-0.1, -0.05) is 24.3 Å². The molecule has 7 heteroatoms. The summed E-state index contributed by atoms with van der Waals surface area (Å²) >= 11 is 1.13. The summed E-state index contributed by atoms with van der Waals surface area (Å²) < 4.78 is 4.74. The van der Waals surface area contributed by atoms with Crippen molar-refractivity contribution in [2.24, 2.45) is 0 Å². The van der Waals surface area contributed by atoms with Crippen molar-refractivity contribution in [1.82, 2.24) is 9.97 Å². The minimum atomic E-state index is -0.484. The van der Waals surface area contributed by atoms with E-state index in [-0.39, 0.29) is 11.3 Å². The minimum absolute atomic E-state index is 0.0324. The molecule has 1 aromatic carbocycles. The number of ether oxygens (including phenoxy) is 1. The molecule has 0 aliphatic heterocycles. The van der Waals surface area contributed by atoms with Gasteiger partial charge in [0.2, 0.25) is 0 Å². The lowest BCUT2D eigenvalue weighted by Crippen LogP contribution is -2.09. The number of benzene rings is 1. The van der Waals surface area contributed by atoms with E-state index in [1.165, 1.54) is 14.0 Å². The standard InChI is InChI=1S/C17H14N2O4S/c1-8-12-15(21)18-14(11-6-4-10(5-7-11)9(2)20)19-16(12)24-13(8)17(22)23-3/h4-7H,1-3H3,(H,18,19,21). The van der Waals surface area contributed by atoms with Crippen LogP contribution in [0, 0.1) is 6.92 Å². The topological polar surface area (TPSA) is 89.1 Å². The van der Waals surface area contributed by atoms with Crippen LogP contribution < -0.4 is 5.56 Å². The van der Waals surface area contributed by atoms with Crippen molar-refractivity contribution >= 4 is 33.3 Å². The molecule has 0 fully saturated rings. The second-order valence-electron chi connectivity index (χ2n) is 5.28. The first-order valence-electron chi connectivity index (χ1n) is 7.15. The molecular weight excluding hydrogens is 328 g/mol. The first kappa shape index (κ1) is 16.1. The van der Waals surface area contributed by atoms with Crippen LogP contribution >= 0.6 is 11.3 Å². The van der Waals surface area contributed by atoms with E-state index in [0.717, 1.165) is 11.3 Å². The van der Waals surface area contributed by atoms with E-state index >= 15 is 0 Å². The molecule has 3 aromatic rings. The summed E-state index contributed by atoms with van der Waals surface area (Å²) in [7, 11) is 1.30. The number of carbonyl (C=O) groups is 2.